The Bertz CT molecular complexity index is 1150. The zero-order chi connectivity index (χ0) is 24.3. The highest BCUT2D eigenvalue weighted by Gasteiger charge is 2.56. The highest BCUT2D eigenvalue weighted by Crippen LogP contribution is 2.61. The van der Waals surface area contributed by atoms with E-state index in [0.29, 0.717) is 0 Å². The maximum atomic E-state index is 6.46. The van der Waals surface area contributed by atoms with Crippen LogP contribution in [0.4, 0.5) is 0 Å². The summed E-state index contributed by atoms with van der Waals surface area (Å²) in [5, 5.41) is 0. The minimum Gasteiger partial charge on any atom is -0.457 e. The van der Waals surface area contributed by atoms with Crippen molar-refractivity contribution < 1.29 is 23.4 Å². The van der Waals surface area contributed by atoms with E-state index in [9.17, 15) is 0 Å². The number of rotatable bonds is 2. The van der Waals surface area contributed by atoms with E-state index < -0.39 is 7.12 Å². The van der Waals surface area contributed by atoms with Crippen LogP contribution in [0.2, 0.25) is 0 Å². The SMILES string of the molecule is CC1(C)OB(c2ccc3c(c2)Oc2ccc(B4OC(C)(C)C(C)(C)O4)cc2C32CC2)OC1(C)C. The summed E-state index contributed by atoms with van der Waals surface area (Å²) < 4.78 is 31.7. The molecule has 6 rings (SSSR count). The predicted octanol–water partition coefficient (Wildman–Crippen LogP) is 4.47. The number of hydrogen-bond acceptors (Lipinski definition) is 5. The lowest BCUT2D eigenvalue weighted by molar-refractivity contribution is 0.00578. The first kappa shape index (κ1) is 22.7. The van der Waals surface area contributed by atoms with Gasteiger partial charge in [0.2, 0.25) is 0 Å². The summed E-state index contributed by atoms with van der Waals surface area (Å²) in [5.74, 6) is 1.82. The molecule has 1 saturated carbocycles. The Balaban J connectivity index is 1.33. The van der Waals surface area contributed by atoms with Crippen LogP contribution in [0.15, 0.2) is 36.4 Å². The fourth-order valence-electron chi connectivity index (χ4n) is 5.21. The fourth-order valence-corrected chi connectivity index (χ4v) is 5.21. The van der Waals surface area contributed by atoms with E-state index >= 15 is 0 Å². The van der Waals surface area contributed by atoms with E-state index in [2.05, 4.69) is 91.8 Å². The average Bonchev–Trinajstić information content (AvgIpc) is 3.43. The molecule has 7 heteroatoms. The van der Waals surface area contributed by atoms with Crippen LogP contribution in [0.25, 0.3) is 0 Å². The van der Waals surface area contributed by atoms with Gasteiger partial charge in [0.25, 0.3) is 0 Å². The molecule has 5 nitrogen and oxygen atoms in total. The molecule has 3 aliphatic heterocycles. The molecule has 178 valence electrons. The molecule has 0 unspecified atom stereocenters. The van der Waals surface area contributed by atoms with E-state index in [4.69, 9.17) is 23.4 Å². The van der Waals surface area contributed by atoms with Crippen molar-refractivity contribution in [1.29, 1.82) is 0 Å². The summed E-state index contributed by atoms with van der Waals surface area (Å²) in [6, 6.07) is 12.8. The third-order valence-corrected chi connectivity index (χ3v) is 9.06. The Kier molecular flexibility index (Phi) is 4.46. The van der Waals surface area contributed by atoms with E-state index in [-0.39, 0.29) is 34.9 Å². The normalized spacial score (nSPS) is 26.2. The standard InChI is InChI=1S/C27H34B2O5/c1-23(2)24(3,4)32-28(31-23)17-10-12-21-20(15-17)27(13-14-27)19-11-9-18(16-22(19)30-21)29-33-25(5,6)26(7,8)34-29/h9-12,15-16H,13-14H2,1-8H3. The Morgan fingerprint density at radius 2 is 1.03 bits per heavy atom. The lowest BCUT2D eigenvalue weighted by Gasteiger charge is -2.32. The molecule has 4 aliphatic rings. The molecule has 2 saturated heterocycles. The molecular weight excluding hydrogens is 426 g/mol. The molecule has 3 fully saturated rings. The van der Waals surface area contributed by atoms with Crippen LogP contribution in [-0.4, -0.2) is 36.6 Å². The van der Waals surface area contributed by atoms with Crippen LogP contribution in [-0.2, 0) is 24.0 Å². The number of fused-ring (bicyclic) bond motifs is 4. The molecule has 0 amide bonds. The number of benzene rings is 2. The Hall–Kier alpha value is -1.79. The Morgan fingerprint density at radius 1 is 0.559 bits per heavy atom. The van der Waals surface area contributed by atoms with Gasteiger partial charge >= 0.3 is 14.2 Å². The minimum atomic E-state index is -0.402. The van der Waals surface area contributed by atoms with Gasteiger partial charge in [-0.15, -0.1) is 0 Å². The van der Waals surface area contributed by atoms with Gasteiger partial charge in [-0.2, -0.15) is 0 Å². The molecule has 0 aromatic heterocycles. The molecule has 1 aliphatic carbocycles. The van der Waals surface area contributed by atoms with Crippen LogP contribution in [0.1, 0.15) is 79.4 Å². The van der Waals surface area contributed by atoms with Gasteiger partial charge in [0.15, 0.2) is 0 Å². The van der Waals surface area contributed by atoms with Gasteiger partial charge in [0.1, 0.15) is 11.5 Å². The fraction of sp³-hybridized carbons (Fsp3) is 0.556. The smallest absolute Gasteiger partial charge is 0.457 e. The predicted molar refractivity (Wildman–Crippen MR) is 134 cm³/mol. The van der Waals surface area contributed by atoms with Crippen LogP contribution >= 0.6 is 0 Å². The van der Waals surface area contributed by atoms with Crippen molar-refractivity contribution in [2.24, 2.45) is 0 Å². The molecule has 0 radical (unpaired) electrons. The van der Waals surface area contributed by atoms with Gasteiger partial charge in [-0.05, 0) is 91.3 Å². The molecule has 0 N–H and O–H groups in total. The third kappa shape index (κ3) is 3.10. The summed E-state index contributed by atoms with van der Waals surface area (Å²) in [5.41, 5.74) is 3.04. The summed E-state index contributed by atoms with van der Waals surface area (Å²) in [6.45, 7) is 16.7. The monoisotopic (exact) mass is 460 g/mol. The van der Waals surface area contributed by atoms with Gasteiger partial charge in [0.05, 0.1) is 22.4 Å². The van der Waals surface area contributed by atoms with E-state index in [1.165, 1.54) is 11.1 Å². The quantitative estimate of drug-likeness (QED) is 0.620. The first-order valence-corrected chi connectivity index (χ1v) is 12.4. The molecule has 2 aromatic rings. The second-order valence-corrected chi connectivity index (χ2v) is 12.4. The van der Waals surface area contributed by atoms with E-state index in [1.54, 1.807) is 0 Å². The van der Waals surface area contributed by atoms with Crippen LogP contribution in [0.3, 0.4) is 0 Å². The minimum absolute atomic E-state index is 0.00295. The van der Waals surface area contributed by atoms with Crippen molar-refractivity contribution in [1.82, 2.24) is 0 Å². The van der Waals surface area contributed by atoms with Crippen molar-refractivity contribution in [3.05, 3.63) is 47.5 Å². The maximum absolute atomic E-state index is 6.46. The zero-order valence-electron chi connectivity index (χ0n) is 21.6. The second-order valence-electron chi connectivity index (χ2n) is 12.4. The van der Waals surface area contributed by atoms with Crippen molar-refractivity contribution in [2.75, 3.05) is 0 Å². The van der Waals surface area contributed by atoms with Crippen molar-refractivity contribution >= 4 is 25.2 Å². The lowest BCUT2D eigenvalue weighted by Crippen LogP contribution is -2.41. The lowest BCUT2D eigenvalue weighted by atomic mass is 9.73. The van der Waals surface area contributed by atoms with Crippen molar-refractivity contribution in [2.45, 2.75) is 96.1 Å². The third-order valence-electron chi connectivity index (χ3n) is 9.06. The molecule has 0 atom stereocenters. The van der Waals surface area contributed by atoms with E-state index in [0.717, 1.165) is 35.3 Å². The summed E-state index contributed by atoms with van der Waals surface area (Å²) in [7, 11) is -0.778. The van der Waals surface area contributed by atoms with Gasteiger partial charge < -0.3 is 23.4 Å². The van der Waals surface area contributed by atoms with Crippen molar-refractivity contribution in [3.63, 3.8) is 0 Å². The summed E-state index contributed by atoms with van der Waals surface area (Å²) in [4.78, 5) is 0. The van der Waals surface area contributed by atoms with Crippen LogP contribution in [0.5, 0.6) is 11.5 Å². The molecule has 34 heavy (non-hydrogen) atoms. The first-order chi connectivity index (χ1) is 15.7. The van der Waals surface area contributed by atoms with Crippen molar-refractivity contribution in [3.8, 4) is 11.5 Å². The van der Waals surface area contributed by atoms with Crippen LogP contribution < -0.4 is 15.7 Å². The zero-order valence-corrected chi connectivity index (χ0v) is 21.6. The largest absolute Gasteiger partial charge is 0.494 e. The summed E-state index contributed by atoms with van der Waals surface area (Å²) in [6.07, 6.45) is 2.22. The Labute approximate surface area is 203 Å². The number of ether oxygens (including phenoxy) is 1. The first-order valence-electron chi connectivity index (χ1n) is 12.4. The van der Waals surface area contributed by atoms with Gasteiger partial charge in [-0.3, -0.25) is 0 Å². The molecular formula is C27H34B2O5. The second kappa shape index (κ2) is 6.70. The van der Waals surface area contributed by atoms with Crippen LogP contribution in [0, 0.1) is 0 Å². The van der Waals surface area contributed by atoms with E-state index in [1.807, 2.05) is 0 Å². The summed E-state index contributed by atoms with van der Waals surface area (Å²) >= 11 is 0. The highest BCUT2D eigenvalue weighted by atomic mass is 16.7. The average molecular weight is 460 g/mol. The molecule has 1 spiro atoms. The molecule has 3 heterocycles. The molecule has 2 aromatic carbocycles. The number of hydrogen-bond donors (Lipinski definition) is 0. The van der Waals surface area contributed by atoms with Gasteiger partial charge in [0, 0.05) is 16.5 Å². The Morgan fingerprint density at radius 3 is 1.53 bits per heavy atom. The maximum Gasteiger partial charge on any atom is 0.494 e. The van der Waals surface area contributed by atoms with Gasteiger partial charge in [-0.1, -0.05) is 24.3 Å². The topological polar surface area (TPSA) is 46.2 Å². The van der Waals surface area contributed by atoms with Gasteiger partial charge in [-0.25, -0.2) is 0 Å². The highest BCUT2D eigenvalue weighted by molar-refractivity contribution is 6.62. The molecule has 0 bridgehead atoms.